The summed E-state index contributed by atoms with van der Waals surface area (Å²) in [6, 6.07) is 14.7. The van der Waals surface area contributed by atoms with Crippen LogP contribution in [-0.2, 0) is 19.2 Å². The summed E-state index contributed by atoms with van der Waals surface area (Å²) in [7, 11) is 0. The van der Waals surface area contributed by atoms with E-state index in [2.05, 4.69) is 31.7 Å². The van der Waals surface area contributed by atoms with Gasteiger partial charge in [-0.3, -0.25) is 19.2 Å². The normalized spacial score (nSPS) is 15.2. The van der Waals surface area contributed by atoms with Crippen LogP contribution in [0.2, 0.25) is 0 Å². The standard InChI is InChI=1S/C30H36N6O4/c1-19(23-7-5-9-25(17-23)31-29(39)21-13-14-21)33-35-27(37)11-3-4-12-28(38)36-34-20(2)24-8-6-10-26(18-24)32-30(40)22-15-16-22/h5-10,17-18,21-22H,3-4,11-16H2,1-2H3,(H,31,39)(H,32,40)(H,35,37)(H,36,38)/b33-19+,34-20+. The number of carbonyl (C=O) groups excluding carboxylic acids is 4. The SMILES string of the molecule is C/C(=N\NC(=O)CCCCC(=O)N/N=C(\C)c1cccc(NC(=O)C2CC2)c1)c1cccc(NC(=O)C2CC2)c1. The number of amides is 4. The first kappa shape index (κ1) is 28.7. The minimum absolute atomic E-state index is 0.0381. The average Bonchev–Trinajstić information content (AvgIpc) is 3.85. The van der Waals surface area contributed by atoms with Gasteiger partial charge in [-0.05, 0) is 87.8 Å². The summed E-state index contributed by atoms with van der Waals surface area (Å²) in [5, 5.41) is 14.2. The Kier molecular flexibility index (Phi) is 9.77. The van der Waals surface area contributed by atoms with E-state index >= 15 is 0 Å². The quantitative estimate of drug-likeness (QED) is 0.169. The van der Waals surface area contributed by atoms with E-state index in [0.29, 0.717) is 35.6 Å². The number of unbranched alkanes of at least 4 members (excludes halogenated alkanes) is 1. The van der Waals surface area contributed by atoms with E-state index in [1.165, 1.54) is 0 Å². The molecule has 210 valence electrons. The summed E-state index contributed by atoms with van der Waals surface area (Å²) in [6.07, 6.45) is 5.29. The van der Waals surface area contributed by atoms with Crippen molar-refractivity contribution in [2.45, 2.75) is 65.2 Å². The first-order valence-electron chi connectivity index (χ1n) is 13.8. The van der Waals surface area contributed by atoms with Crippen molar-refractivity contribution in [3.63, 3.8) is 0 Å². The highest BCUT2D eigenvalue weighted by molar-refractivity contribution is 6.02. The Hall–Kier alpha value is -4.34. The molecule has 0 bridgehead atoms. The fraction of sp³-hybridized carbons (Fsp3) is 0.400. The van der Waals surface area contributed by atoms with Gasteiger partial charge in [-0.1, -0.05) is 24.3 Å². The van der Waals surface area contributed by atoms with Crippen molar-refractivity contribution < 1.29 is 19.2 Å². The molecule has 10 nitrogen and oxygen atoms in total. The van der Waals surface area contributed by atoms with Gasteiger partial charge in [0.25, 0.3) is 0 Å². The van der Waals surface area contributed by atoms with Crippen LogP contribution in [0, 0.1) is 11.8 Å². The van der Waals surface area contributed by atoms with Crippen LogP contribution in [-0.4, -0.2) is 35.1 Å². The average molecular weight is 545 g/mol. The Bertz CT molecular complexity index is 1230. The smallest absolute Gasteiger partial charge is 0.240 e. The molecule has 10 heteroatoms. The maximum Gasteiger partial charge on any atom is 0.240 e. The summed E-state index contributed by atoms with van der Waals surface area (Å²) in [6.45, 7) is 3.57. The third kappa shape index (κ3) is 9.14. The second-order valence-electron chi connectivity index (χ2n) is 10.4. The number of hydrazone groups is 2. The number of anilines is 2. The van der Waals surface area contributed by atoms with Gasteiger partial charge in [-0.2, -0.15) is 10.2 Å². The molecule has 0 aliphatic heterocycles. The Labute approximate surface area is 234 Å². The fourth-order valence-electron chi connectivity index (χ4n) is 3.93. The molecule has 2 aliphatic rings. The van der Waals surface area contributed by atoms with Crippen molar-refractivity contribution in [1.29, 1.82) is 0 Å². The Balaban J connectivity index is 1.14. The van der Waals surface area contributed by atoms with Gasteiger partial charge in [0.2, 0.25) is 23.6 Å². The fourth-order valence-corrected chi connectivity index (χ4v) is 3.93. The number of rotatable bonds is 13. The number of carbonyl (C=O) groups is 4. The van der Waals surface area contributed by atoms with Gasteiger partial charge in [0.15, 0.2) is 0 Å². The van der Waals surface area contributed by atoms with Gasteiger partial charge in [-0.25, -0.2) is 10.9 Å². The van der Waals surface area contributed by atoms with Crippen molar-refractivity contribution in [2.75, 3.05) is 10.6 Å². The predicted molar refractivity (Wildman–Crippen MR) is 155 cm³/mol. The molecule has 0 heterocycles. The van der Waals surface area contributed by atoms with Gasteiger partial charge in [0.1, 0.15) is 0 Å². The van der Waals surface area contributed by atoms with Crippen LogP contribution >= 0.6 is 0 Å². The van der Waals surface area contributed by atoms with Crippen LogP contribution in [0.4, 0.5) is 11.4 Å². The Morgan fingerprint density at radius 2 is 1.07 bits per heavy atom. The highest BCUT2D eigenvalue weighted by Crippen LogP contribution is 2.31. The van der Waals surface area contributed by atoms with E-state index in [1.807, 2.05) is 48.5 Å². The number of nitrogens with one attached hydrogen (secondary N) is 4. The number of nitrogens with zero attached hydrogens (tertiary/aromatic N) is 2. The molecule has 2 fully saturated rings. The van der Waals surface area contributed by atoms with Crippen molar-refractivity contribution >= 4 is 46.4 Å². The van der Waals surface area contributed by atoms with E-state index < -0.39 is 0 Å². The number of benzene rings is 2. The summed E-state index contributed by atoms with van der Waals surface area (Å²) < 4.78 is 0. The van der Waals surface area contributed by atoms with Gasteiger partial charge in [0, 0.05) is 36.1 Å². The molecule has 2 aromatic rings. The lowest BCUT2D eigenvalue weighted by molar-refractivity contribution is -0.123. The molecule has 40 heavy (non-hydrogen) atoms. The van der Waals surface area contributed by atoms with Crippen LogP contribution in [0.5, 0.6) is 0 Å². The van der Waals surface area contributed by atoms with Crippen molar-refractivity contribution in [2.24, 2.45) is 22.0 Å². The molecule has 0 radical (unpaired) electrons. The van der Waals surface area contributed by atoms with E-state index in [-0.39, 0.29) is 48.3 Å². The van der Waals surface area contributed by atoms with E-state index in [4.69, 9.17) is 0 Å². The molecule has 0 atom stereocenters. The molecule has 4 N–H and O–H groups in total. The Morgan fingerprint density at radius 1 is 0.675 bits per heavy atom. The van der Waals surface area contributed by atoms with Crippen LogP contribution < -0.4 is 21.5 Å². The first-order chi connectivity index (χ1) is 19.3. The summed E-state index contributed by atoms with van der Waals surface area (Å²) in [4.78, 5) is 48.4. The Morgan fingerprint density at radius 3 is 1.45 bits per heavy atom. The lowest BCUT2D eigenvalue weighted by atomic mass is 10.1. The van der Waals surface area contributed by atoms with Crippen LogP contribution in [0.15, 0.2) is 58.7 Å². The molecule has 4 rings (SSSR count). The number of hydrogen-bond acceptors (Lipinski definition) is 6. The minimum atomic E-state index is -0.236. The van der Waals surface area contributed by atoms with Gasteiger partial charge in [0.05, 0.1) is 11.4 Å². The van der Waals surface area contributed by atoms with Gasteiger partial charge >= 0.3 is 0 Å². The zero-order chi connectivity index (χ0) is 28.5. The predicted octanol–water partition coefficient (Wildman–Crippen LogP) is 4.32. The largest absolute Gasteiger partial charge is 0.326 e. The maximum absolute atomic E-state index is 12.2. The zero-order valence-electron chi connectivity index (χ0n) is 23.0. The van der Waals surface area contributed by atoms with Crippen LogP contribution in [0.25, 0.3) is 0 Å². The highest BCUT2D eigenvalue weighted by atomic mass is 16.2. The second-order valence-corrected chi connectivity index (χ2v) is 10.4. The summed E-state index contributed by atoms with van der Waals surface area (Å²) >= 11 is 0. The van der Waals surface area contributed by atoms with Gasteiger partial charge in [-0.15, -0.1) is 0 Å². The topological polar surface area (TPSA) is 141 Å². The van der Waals surface area contributed by atoms with Crippen molar-refractivity contribution in [3.8, 4) is 0 Å². The molecule has 0 saturated heterocycles. The maximum atomic E-state index is 12.2. The van der Waals surface area contributed by atoms with E-state index in [0.717, 1.165) is 36.8 Å². The van der Waals surface area contributed by atoms with Crippen molar-refractivity contribution in [1.82, 2.24) is 10.9 Å². The monoisotopic (exact) mass is 544 g/mol. The third-order valence-corrected chi connectivity index (χ3v) is 6.75. The molecule has 0 unspecified atom stereocenters. The molecule has 2 aliphatic carbocycles. The summed E-state index contributed by atoms with van der Waals surface area (Å²) in [5.41, 5.74) is 9.38. The third-order valence-electron chi connectivity index (χ3n) is 6.75. The molecule has 2 saturated carbocycles. The van der Waals surface area contributed by atoms with Crippen molar-refractivity contribution in [3.05, 3.63) is 59.7 Å². The van der Waals surface area contributed by atoms with Crippen LogP contribution in [0.3, 0.4) is 0 Å². The summed E-state index contributed by atoms with van der Waals surface area (Å²) in [5.74, 6) is -0.152. The second kappa shape index (κ2) is 13.6. The molecule has 0 aromatic heterocycles. The molecular weight excluding hydrogens is 508 g/mol. The number of hydrogen-bond donors (Lipinski definition) is 4. The lowest BCUT2D eigenvalue weighted by Gasteiger charge is -2.08. The molecule has 0 spiro atoms. The lowest BCUT2D eigenvalue weighted by Crippen LogP contribution is -2.20. The minimum Gasteiger partial charge on any atom is -0.326 e. The zero-order valence-corrected chi connectivity index (χ0v) is 23.0. The molecule has 4 amide bonds. The molecular formula is C30H36N6O4. The van der Waals surface area contributed by atoms with Crippen LogP contribution in [0.1, 0.15) is 76.3 Å². The van der Waals surface area contributed by atoms with Gasteiger partial charge < -0.3 is 10.6 Å². The van der Waals surface area contributed by atoms with E-state index in [9.17, 15) is 19.2 Å². The molecule has 2 aromatic carbocycles. The van der Waals surface area contributed by atoms with E-state index in [1.54, 1.807) is 13.8 Å². The first-order valence-corrected chi connectivity index (χ1v) is 13.8. The highest BCUT2D eigenvalue weighted by Gasteiger charge is 2.30.